The molecule has 0 fully saturated rings. The summed E-state index contributed by atoms with van der Waals surface area (Å²) in [6.45, 7) is 2.58. The van der Waals surface area contributed by atoms with E-state index >= 15 is 0 Å². The van der Waals surface area contributed by atoms with E-state index in [1.54, 1.807) is 12.2 Å². The molecule has 1 rings (SSSR count). The van der Waals surface area contributed by atoms with Crippen molar-refractivity contribution in [3.05, 3.63) is 35.9 Å². The van der Waals surface area contributed by atoms with Crippen molar-refractivity contribution < 1.29 is 5.11 Å². The second-order valence-corrected chi connectivity index (χ2v) is 3.59. The molecule has 0 saturated carbocycles. The van der Waals surface area contributed by atoms with Crippen molar-refractivity contribution in [1.29, 1.82) is 0 Å². The van der Waals surface area contributed by atoms with Gasteiger partial charge in [-0.2, -0.15) is 0 Å². The summed E-state index contributed by atoms with van der Waals surface area (Å²) in [5, 5.41) is 17.0. The van der Waals surface area contributed by atoms with Gasteiger partial charge in [-0.05, 0) is 36.8 Å². The maximum absolute atomic E-state index is 10.3. The van der Waals surface area contributed by atoms with Gasteiger partial charge in [0.25, 0.3) is 0 Å². The van der Waals surface area contributed by atoms with Gasteiger partial charge >= 0.3 is 0 Å². The van der Waals surface area contributed by atoms with Crippen LogP contribution in [0.3, 0.4) is 0 Å². The van der Waals surface area contributed by atoms with Crippen molar-refractivity contribution in [3.63, 3.8) is 0 Å². The molecule has 0 heterocycles. The maximum atomic E-state index is 10.3. The Kier molecular flexibility index (Phi) is 5.53. The van der Waals surface area contributed by atoms with Crippen LogP contribution < -0.4 is 10.6 Å². The third-order valence-corrected chi connectivity index (χ3v) is 2.13. The molecule has 0 aliphatic carbocycles. The van der Waals surface area contributed by atoms with Crippen molar-refractivity contribution >= 4 is 29.1 Å². The van der Waals surface area contributed by atoms with Crippen LogP contribution in [0, 0.1) is 0 Å². The Morgan fingerprint density at radius 1 is 1.50 bits per heavy atom. The van der Waals surface area contributed by atoms with Gasteiger partial charge in [-0.3, -0.25) is 0 Å². The highest BCUT2D eigenvalue weighted by atomic mass is 32.1. The lowest BCUT2D eigenvalue weighted by Gasteiger charge is -2.08. The molecule has 0 bridgehead atoms. The first-order chi connectivity index (χ1) is 7.76. The van der Waals surface area contributed by atoms with Crippen LogP contribution in [0.25, 0.3) is 6.08 Å². The molecule has 0 spiro atoms. The van der Waals surface area contributed by atoms with Crippen LogP contribution in [0.4, 0.5) is 5.69 Å². The first kappa shape index (κ1) is 12.7. The van der Waals surface area contributed by atoms with Crippen LogP contribution in [0.2, 0.25) is 0 Å². The molecule has 3 nitrogen and oxygen atoms in total. The lowest BCUT2D eigenvalue weighted by molar-refractivity contribution is 0.233. The van der Waals surface area contributed by atoms with E-state index in [4.69, 9.17) is 12.2 Å². The first-order valence-corrected chi connectivity index (χ1v) is 5.56. The summed E-state index contributed by atoms with van der Waals surface area (Å²) >= 11 is 5.08. The second kappa shape index (κ2) is 6.98. The molecule has 0 aliphatic rings. The van der Waals surface area contributed by atoms with E-state index < -0.39 is 0 Å². The largest absolute Gasteiger partial charge is 0.363 e. The molecule has 4 heteroatoms. The number of hydrogen-bond acceptors (Lipinski definition) is 1. The average molecular weight is 235 g/mol. The molecule has 2 N–H and O–H groups in total. The van der Waals surface area contributed by atoms with Crippen LogP contribution in [0.15, 0.2) is 30.3 Å². The molecule has 0 saturated heterocycles. The van der Waals surface area contributed by atoms with E-state index in [0.29, 0.717) is 5.11 Å². The van der Waals surface area contributed by atoms with Crippen molar-refractivity contribution in [3.8, 4) is 0 Å². The molecule has 1 aromatic rings. The van der Waals surface area contributed by atoms with Crippen LogP contribution in [-0.4, -0.2) is 18.3 Å². The van der Waals surface area contributed by atoms with Gasteiger partial charge in [0.15, 0.2) is 5.11 Å². The highest BCUT2D eigenvalue weighted by Crippen LogP contribution is 2.11. The normalized spacial score (nSPS) is 10.4. The fourth-order valence-corrected chi connectivity index (χ4v) is 1.50. The quantitative estimate of drug-likeness (QED) is 0.788. The van der Waals surface area contributed by atoms with Crippen molar-refractivity contribution in [2.24, 2.45) is 0 Å². The molecule has 0 aromatic heterocycles. The van der Waals surface area contributed by atoms with Gasteiger partial charge in [-0.1, -0.05) is 24.3 Å². The third kappa shape index (κ3) is 4.42. The zero-order valence-electron chi connectivity index (χ0n) is 9.19. The van der Waals surface area contributed by atoms with E-state index in [9.17, 15) is 5.11 Å². The number of nitrogens with one attached hydrogen (secondary N) is 2. The van der Waals surface area contributed by atoms with Crippen LogP contribution in [-0.2, 0) is 5.11 Å². The molecule has 0 unspecified atom stereocenters. The highest BCUT2D eigenvalue weighted by Gasteiger charge is 1.96. The summed E-state index contributed by atoms with van der Waals surface area (Å²) in [5.74, 6) is 0. The lowest BCUT2D eigenvalue weighted by atomic mass is 10.2. The van der Waals surface area contributed by atoms with Gasteiger partial charge in [-0.15, -0.1) is 0 Å². The Balaban J connectivity index is 2.67. The first-order valence-electron chi connectivity index (χ1n) is 5.16. The Labute approximate surface area is 101 Å². The Bertz CT molecular complexity index is 377. The van der Waals surface area contributed by atoms with Gasteiger partial charge < -0.3 is 10.6 Å². The average Bonchev–Trinajstić information content (AvgIpc) is 2.27. The van der Waals surface area contributed by atoms with Crippen LogP contribution >= 0.6 is 12.2 Å². The minimum atomic E-state index is -0.201. The molecule has 1 radical (unpaired) electrons. The minimum absolute atomic E-state index is 0.201. The van der Waals surface area contributed by atoms with Crippen molar-refractivity contribution in [1.82, 2.24) is 5.32 Å². The smallest absolute Gasteiger partial charge is 0.170 e. The second-order valence-electron chi connectivity index (χ2n) is 3.18. The van der Waals surface area contributed by atoms with Crippen molar-refractivity contribution in [2.45, 2.75) is 6.92 Å². The molecule has 85 valence electrons. The van der Waals surface area contributed by atoms with Gasteiger partial charge in [0.05, 0.1) is 0 Å². The third-order valence-electron chi connectivity index (χ3n) is 1.89. The predicted octanol–water partition coefficient (Wildman–Crippen LogP) is 2.44. The van der Waals surface area contributed by atoms with Gasteiger partial charge in [0.1, 0.15) is 6.61 Å². The monoisotopic (exact) mass is 235 g/mol. The van der Waals surface area contributed by atoms with Gasteiger partial charge in [0, 0.05) is 12.2 Å². The van der Waals surface area contributed by atoms with Crippen LogP contribution in [0.5, 0.6) is 0 Å². The molecule has 0 aliphatic heterocycles. The Hall–Kier alpha value is -1.39. The Morgan fingerprint density at radius 2 is 2.31 bits per heavy atom. The lowest BCUT2D eigenvalue weighted by Crippen LogP contribution is -2.27. The fraction of sp³-hybridized carbons (Fsp3) is 0.250. The number of hydrogen-bond donors (Lipinski definition) is 2. The molecular formula is C12H15N2OS. The molecule has 1 aromatic carbocycles. The zero-order chi connectivity index (χ0) is 11.8. The number of anilines is 1. The molecule has 16 heavy (non-hydrogen) atoms. The number of thiocarbonyl (C=S) groups is 1. The maximum Gasteiger partial charge on any atom is 0.170 e. The molecule has 0 atom stereocenters. The van der Waals surface area contributed by atoms with Gasteiger partial charge in [-0.25, -0.2) is 5.11 Å². The molecular weight excluding hydrogens is 220 g/mol. The van der Waals surface area contributed by atoms with E-state index in [1.807, 2.05) is 31.2 Å². The SMILES string of the molecule is CCNC(=S)Nc1cccc(/C=C/C[O])c1. The summed E-state index contributed by atoms with van der Waals surface area (Å²) in [6.07, 6.45) is 3.39. The van der Waals surface area contributed by atoms with Gasteiger partial charge in [0.2, 0.25) is 0 Å². The summed E-state index contributed by atoms with van der Waals surface area (Å²) < 4.78 is 0. The summed E-state index contributed by atoms with van der Waals surface area (Å²) in [6, 6.07) is 7.73. The van der Waals surface area contributed by atoms with E-state index in [1.165, 1.54) is 0 Å². The zero-order valence-corrected chi connectivity index (χ0v) is 10.0. The van der Waals surface area contributed by atoms with Crippen LogP contribution in [0.1, 0.15) is 12.5 Å². The summed E-state index contributed by atoms with van der Waals surface area (Å²) in [4.78, 5) is 0. The minimum Gasteiger partial charge on any atom is -0.363 e. The topological polar surface area (TPSA) is 44.0 Å². The van der Waals surface area contributed by atoms with E-state index in [0.717, 1.165) is 17.8 Å². The summed E-state index contributed by atoms with van der Waals surface area (Å²) in [7, 11) is 0. The molecule has 0 amide bonds. The fourth-order valence-electron chi connectivity index (χ4n) is 1.24. The highest BCUT2D eigenvalue weighted by molar-refractivity contribution is 7.80. The predicted molar refractivity (Wildman–Crippen MR) is 70.9 cm³/mol. The van der Waals surface area contributed by atoms with Crippen molar-refractivity contribution in [2.75, 3.05) is 18.5 Å². The number of rotatable bonds is 4. The number of benzene rings is 1. The van der Waals surface area contributed by atoms with E-state index in [2.05, 4.69) is 10.6 Å². The summed E-state index contributed by atoms with van der Waals surface area (Å²) in [5.41, 5.74) is 1.90. The Morgan fingerprint density at radius 3 is 3.00 bits per heavy atom. The van der Waals surface area contributed by atoms with E-state index in [-0.39, 0.29) is 6.61 Å². The standard InChI is InChI=1S/C12H15N2OS/c1-2-13-12(16)14-11-7-3-5-10(9-11)6-4-8-15/h3-7,9H,2,8H2,1H3,(H2,13,14,16)/b6-4+.